The van der Waals surface area contributed by atoms with Crippen LogP contribution in [0.1, 0.15) is 26.5 Å². The first-order valence-corrected chi connectivity index (χ1v) is 6.28. The van der Waals surface area contributed by atoms with Crippen LogP contribution in [0.15, 0.2) is 30.3 Å². The predicted octanol–water partition coefficient (Wildman–Crippen LogP) is 3.74. The molecule has 0 bridgehead atoms. The fourth-order valence-corrected chi connectivity index (χ4v) is 2.03. The third-order valence-corrected chi connectivity index (χ3v) is 3.15. The topological polar surface area (TPSA) is 63.9 Å². The molecule has 5 nitrogen and oxygen atoms in total. The van der Waals surface area contributed by atoms with Crippen molar-refractivity contribution < 1.29 is 4.92 Å². The summed E-state index contributed by atoms with van der Waals surface area (Å²) in [5, 5.41) is 14.2. The number of nitrogens with one attached hydrogen (secondary N) is 1. The lowest BCUT2D eigenvalue weighted by molar-refractivity contribution is -0.384. The highest BCUT2D eigenvalue weighted by Gasteiger charge is 2.20. The highest BCUT2D eigenvalue weighted by molar-refractivity contribution is 7.71. The second kappa shape index (κ2) is 4.62. The van der Waals surface area contributed by atoms with E-state index in [2.05, 4.69) is 25.9 Å². The fourth-order valence-electron chi connectivity index (χ4n) is 1.77. The van der Waals surface area contributed by atoms with E-state index in [4.69, 9.17) is 12.2 Å². The van der Waals surface area contributed by atoms with E-state index in [1.807, 2.05) is 6.07 Å². The summed E-state index contributed by atoms with van der Waals surface area (Å²) in [7, 11) is 0. The van der Waals surface area contributed by atoms with Gasteiger partial charge in [0.25, 0.3) is 5.69 Å². The molecular weight excluding hydrogens is 262 g/mol. The van der Waals surface area contributed by atoms with Gasteiger partial charge in [-0.2, -0.15) is 0 Å². The van der Waals surface area contributed by atoms with Crippen LogP contribution < -0.4 is 0 Å². The first-order chi connectivity index (χ1) is 8.80. The van der Waals surface area contributed by atoms with Gasteiger partial charge in [0, 0.05) is 17.2 Å². The van der Waals surface area contributed by atoms with Gasteiger partial charge in [-0.3, -0.25) is 15.2 Å². The maximum Gasteiger partial charge on any atom is 0.294 e. The number of para-hydroxylation sites is 2. The van der Waals surface area contributed by atoms with Crippen LogP contribution in [-0.2, 0) is 5.41 Å². The highest BCUT2D eigenvalue weighted by atomic mass is 32.1. The Bertz CT molecular complexity index is 680. The zero-order valence-corrected chi connectivity index (χ0v) is 11.8. The summed E-state index contributed by atoms with van der Waals surface area (Å²) in [6.45, 7) is 6.16. The molecule has 2 rings (SSSR count). The predicted molar refractivity (Wildman–Crippen MR) is 76.3 cm³/mol. The fraction of sp³-hybridized carbons (Fsp3) is 0.308. The highest BCUT2D eigenvalue weighted by Crippen LogP contribution is 2.25. The van der Waals surface area contributed by atoms with E-state index in [1.165, 1.54) is 6.07 Å². The Morgan fingerprint density at radius 1 is 1.32 bits per heavy atom. The van der Waals surface area contributed by atoms with Crippen LogP contribution in [-0.4, -0.2) is 14.7 Å². The average molecular weight is 277 g/mol. The second-order valence-corrected chi connectivity index (χ2v) is 5.76. The molecule has 0 saturated carbocycles. The van der Waals surface area contributed by atoms with Crippen molar-refractivity contribution in [1.29, 1.82) is 0 Å². The number of rotatable bonds is 2. The van der Waals surface area contributed by atoms with E-state index in [-0.39, 0.29) is 11.1 Å². The summed E-state index contributed by atoms with van der Waals surface area (Å²) in [5.41, 5.74) is 1.33. The molecular formula is C13H15N3O2S. The maximum absolute atomic E-state index is 11.1. The van der Waals surface area contributed by atoms with Crippen molar-refractivity contribution >= 4 is 17.9 Å². The van der Waals surface area contributed by atoms with E-state index in [1.54, 1.807) is 22.9 Å². The molecule has 0 aliphatic heterocycles. The van der Waals surface area contributed by atoms with Crippen LogP contribution >= 0.6 is 12.2 Å². The van der Waals surface area contributed by atoms with Crippen molar-refractivity contribution in [2.24, 2.45) is 0 Å². The SMILES string of the molecule is CC(C)(C)c1cc(=S)n(-c2ccccc2[N+](=O)[O-])[nH]1. The first kappa shape index (κ1) is 13.5. The average Bonchev–Trinajstić information content (AvgIpc) is 2.71. The van der Waals surface area contributed by atoms with Gasteiger partial charge in [0.2, 0.25) is 0 Å². The van der Waals surface area contributed by atoms with Crippen LogP contribution in [0.2, 0.25) is 0 Å². The molecule has 0 aliphatic carbocycles. The summed E-state index contributed by atoms with van der Waals surface area (Å²) < 4.78 is 2.10. The van der Waals surface area contributed by atoms with Gasteiger partial charge < -0.3 is 0 Å². The number of aromatic nitrogens is 2. The van der Waals surface area contributed by atoms with Gasteiger partial charge in [-0.1, -0.05) is 45.1 Å². The summed E-state index contributed by atoms with van der Waals surface area (Å²) in [4.78, 5) is 10.6. The van der Waals surface area contributed by atoms with E-state index in [9.17, 15) is 10.1 Å². The van der Waals surface area contributed by atoms with E-state index >= 15 is 0 Å². The van der Waals surface area contributed by atoms with Crippen LogP contribution in [0.3, 0.4) is 0 Å². The minimum atomic E-state index is -0.408. The molecule has 19 heavy (non-hydrogen) atoms. The maximum atomic E-state index is 11.1. The number of nitrogens with zero attached hydrogens (tertiary/aromatic N) is 2. The van der Waals surface area contributed by atoms with Crippen molar-refractivity contribution in [3.63, 3.8) is 0 Å². The van der Waals surface area contributed by atoms with Crippen LogP contribution in [0.25, 0.3) is 5.69 Å². The lowest BCUT2D eigenvalue weighted by atomic mass is 9.93. The molecule has 0 atom stereocenters. The Kier molecular flexibility index (Phi) is 3.28. The number of aromatic amines is 1. The van der Waals surface area contributed by atoms with Crippen molar-refractivity contribution in [3.8, 4) is 5.69 Å². The number of hydrogen-bond acceptors (Lipinski definition) is 3. The normalized spacial score (nSPS) is 11.5. The molecule has 1 N–H and O–H groups in total. The molecule has 0 spiro atoms. The lowest BCUT2D eigenvalue weighted by Gasteiger charge is -2.15. The Morgan fingerprint density at radius 2 is 1.95 bits per heavy atom. The molecule has 0 amide bonds. The molecule has 0 aliphatic rings. The van der Waals surface area contributed by atoms with Crippen molar-refractivity contribution in [2.75, 3.05) is 0 Å². The molecule has 1 aromatic carbocycles. The molecule has 100 valence electrons. The third-order valence-electron chi connectivity index (χ3n) is 2.85. The van der Waals surface area contributed by atoms with E-state index in [0.29, 0.717) is 10.3 Å². The van der Waals surface area contributed by atoms with Gasteiger partial charge in [-0.05, 0) is 12.1 Å². The van der Waals surface area contributed by atoms with E-state index < -0.39 is 4.92 Å². The number of nitro groups is 1. The summed E-state index contributed by atoms with van der Waals surface area (Å²) in [6, 6.07) is 8.37. The second-order valence-electron chi connectivity index (χ2n) is 5.34. The Morgan fingerprint density at radius 3 is 2.47 bits per heavy atom. The zero-order valence-electron chi connectivity index (χ0n) is 11.0. The molecule has 1 aromatic heterocycles. The minimum absolute atomic E-state index is 0.0286. The smallest absolute Gasteiger partial charge is 0.294 e. The Balaban J connectivity index is 2.64. The molecule has 6 heteroatoms. The number of nitro benzene ring substituents is 1. The zero-order chi connectivity index (χ0) is 14.2. The van der Waals surface area contributed by atoms with Gasteiger partial charge in [0.1, 0.15) is 10.3 Å². The van der Waals surface area contributed by atoms with Crippen molar-refractivity contribution in [3.05, 3.63) is 50.8 Å². The number of hydrogen-bond donors (Lipinski definition) is 1. The monoisotopic (exact) mass is 277 g/mol. The lowest BCUT2D eigenvalue weighted by Crippen LogP contribution is -2.12. The number of benzene rings is 1. The number of H-pyrrole nitrogens is 1. The summed E-state index contributed by atoms with van der Waals surface area (Å²) >= 11 is 5.28. The Hall–Kier alpha value is -1.95. The third kappa shape index (κ3) is 2.58. The van der Waals surface area contributed by atoms with Crippen LogP contribution in [0.4, 0.5) is 5.69 Å². The summed E-state index contributed by atoms with van der Waals surface area (Å²) in [6.07, 6.45) is 0. The molecule has 0 fully saturated rings. The minimum Gasteiger partial charge on any atom is -0.296 e. The van der Waals surface area contributed by atoms with Crippen LogP contribution in [0.5, 0.6) is 0 Å². The van der Waals surface area contributed by atoms with Gasteiger partial charge in [-0.15, -0.1) is 0 Å². The van der Waals surface area contributed by atoms with Gasteiger partial charge in [0.05, 0.1) is 4.92 Å². The molecule has 1 heterocycles. The van der Waals surface area contributed by atoms with E-state index in [0.717, 1.165) is 5.69 Å². The summed E-state index contributed by atoms with van der Waals surface area (Å²) in [5.74, 6) is 0. The molecule has 0 radical (unpaired) electrons. The largest absolute Gasteiger partial charge is 0.296 e. The first-order valence-electron chi connectivity index (χ1n) is 5.87. The van der Waals surface area contributed by atoms with Crippen LogP contribution in [0, 0.1) is 14.8 Å². The van der Waals surface area contributed by atoms with Crippen molar-refractivity contribution in [2.45, 2.75) is 26.2 Å². The van der Waals surface area contributed by atoms with Gasteiger partial charge in [-0.25, -0.2) is 4.68 Å². The standard InChI is InChI=1S/C13H15N3O2S/c1-13(2,3)11-8-12(19)15(14-11)9-6-4-5-7-10(9)16(17)18/h4-8,14H,1-3H3. The molecule has 0 saturated heterocycles. The Labute approximate surface area is 116 Å². The molecule has 0 unspecified atom stereocenters. The quantitative estimate of drug-likeness (QED) is 0.516. The molecule has 2 aromatic rings. The van der Waals surface area contributed by atoms with Crippen molar-refractivity contribution in [1.82, 2.24) is 9.78 Å². The van der Waals surface area contributed by atoms with Gasteiger partial charge in [0.15, 0.2) is 0 Å². The van der Waals surface area contributed by atoms with Gasteiger partial charge >= 0.3 is 0 Å².